The lowest BCUT2D eigenvalue weighted by atomic mass is 10.0. The van der Waals surface area contributed by atoms with E-state index >= 15 is 0 Å². The minimum atomic E-state index is -0.402. The third-order valence-corrected chi connectivity index (χ3v) is 4.27. The summed E-state index contributed by atoms with van der Waals surface area (Å²) in [6.07, 6.45) is 8.37. The maximum atomic E-state index is 10.7. The first-order valence-corrected chi connectivity index (χ1v) is 9.33. The Bertz CT molecular complexity index is 697. The topological polar surface area (TPSA) is 67.5 Å². The second-order valence-electron chi connectivity index (χ2n) is 6.36. The average Bonchev–Trinajstić information content (AvgIpc) is 2.68. The zero-order chi connectivity index (χ0) is 18.6. The molecule has 2 aromatic rings. The van der Waals surface area contributed by atoms with Gasteiger partial charge in [-0.05, 0) is 30.5 Å². The molecule has 1 N–H and O–H groups in total. The first kappa shape index (κ1) is 19.6. The standard InChI is InChI=1S/C21H27N3O2/c1-2-3-4-5-6-10-13-21(18-11-8-7-9-12-18)23-22-19-14-16-20(17-15-19)24(25)26/h7-9,11-12,14-17,22H,2-6,10,13H2,1H3/b23-21-. The van der Waals surface area contributed by atoms with Gasteiger partial charge in [-0.25, -0.2) is 0 Å². The maximum absolute atomic E-state index is 10.7. The first-order valence-electron chi connectivity index (χ1n) is 9.33. The van der Waals surface area contributed by atoms with Gasteiger partial charge in [-0.2, -0.15) is 5.10 Å². The highest BCUT2D eigenvalue weighted by Gasteiger charge is 2.06. The highest BCUT2D eigenvalue weighted by atomic mass is 16.6. The molecule has 2 aromatic carbocycles. The summed E-state index contributed by atoms with van der Waals surface area (Å²) in [6.45, 7) is 2.23. The van der Waals surface area contributed by atoms with Crippen molar-refractivity contribution in [2.45, 2.75) is 51.9 Å². The fourth-order valence-corrected chi connectivity index (χ4v) is 2.76. The Morgan fingerprint density at radius 1 is 0.962 bits per heavy atom. The number of hydrogen-bond acceptors (Lipinski definition) is 4. The van der Waals surface area contributed by atoms with Crippen LogP contribution < -0.4 is 5.43 Å². The highest BCUT2D eigenvalue weighted by molar-refractivity contribution is 6.00. The van der Waals surface area contributed by atoms with Crippen LogP contribution in [-0.4, -0.2) is 10.6 Å². The van der Waals surface area contributed by atoms with E-state index in [1.165, 1.54) is 44.2 Å². The minimum absolute atomic E-state index is 0.0786. The lowest BCUT2D eigenvalue weighted by molar-refractivity contribution is -0.384. The largest absolute Gasteiger partial charge is 0.278 e. The van der Waals surface area contributed by atoms with Gasteiger partial charge in [-0.3, -0.25) is 15.5 Å². The molecule has 26 heavy (non-hydrogen) atoms. The van der Waals surface area contributed by atoms with Crippen LogP contribution in [0.3, 0.4) is 0 Å². The molecule has 0 amide bonds. The highest BCUT2D eigenvalue weighted by Crippen LogP contribution is 2.17. The second kappa shape index (κ2) is 11.0. The van der Waals surface area contributed by atoms with E-state index in [0.29, 0.717) is 0 Å². The molecule has 0 unspecified atom stereocenters. The zero-order valence-electron chi connectivity index (χ0n) is 15.4. The monoisotopic (exact) mass is 353 g/mol. The Hall–Kier alpha value is -2.69. The smallest absolute Gasteiger partial charge is 0.269 e. The summed E-state index contributed by atoms with van der Waals surface area (Å²) in [6, 6.07) is 16.5. The molecule has 0 saturated carbocycles. The van der Waals surface area contributed by atoms with Crippen molar-refractivity contribution in [1.29, 1.82) is 0 Å². The van der Waals surface area contributed by atoms with Gasteiger partial charge in [0.05, 0.1) is 16.3 Å². The summed E-state index contributed by atoms with van der Waals surface area (Å²) in [5, 5.41) is 15.3. The molecule has 0 heterocycles. The molecule has 2 rings (SSSR count). The Balaban J connectivity index is 1.98. The van der Waals surface area contributed by atoms with Gasteiger partial charge in [0.2, 0.25) is 0 Å². The summed E-state index contributed by atoms with van der Waals surface area (Å²) >= 11 is 0. The molecule has 0 saturated heterocycles. The lowest BCUT2D eigenvalue weighted by Gasteiger charge is -2.08. The van der Waals surface area contributed by atoms with Gasteiger partial charge in [0.1, 0.15) is 0 Å². The molecule has 5 heteroatoms. The van der Waals surface area contributed by atoms with E-state index in [1.807, 2.05) is 18.2 Å². The van der Waals surface area contributed by atoms with Crippen molar-refractivity contribution in [2.24, 2.45) is 5.10 Å². The summed E-state index contributed by atoms with van der Waals surface area (Å²) in [7, 11) is 0. The average molecular weight is 353 g/mol. The van der Waals surface area contributed by atoms with E-state index in [2.05, 4.69) is 29.6 Å². The van der Waals surface area contributed by atoms with E-state index in [1.54, 1.807) is 12.1 Å². The number of nitrogens with zero attached hydrogens (tertiary/aromatic N) is 2. The summed E-state index contributed by atoms with van der Waals surface area (Å²) in [5.74, 6) is 0. The van der Waals surface area contributed by atoms with Crippen LogP contribution in [0.1, 0.15) is 57.4 Å². The van der Waals surface area contributed by atoms with Crippen molar-refractivity contribution in [3.8, 4) is 0 Å². The number of non-ortho nitro benzene ring substituents is 1. The molecule has 0 bridgehead atoms. The molecule has 0 aromatic heterocycles. The van der Waals surface area contributed by atoms with Crippen LogP contribution in [0.4, 0.5) is 11.4 Å². The van der Waals surface area contributed by atoms with Crippen LogP contribution in [0.2, 0.25) is 0 Å². The molecule has 0 aliphatic heterocycles. The molecule has 0 aliphatic carbocycles. The molecule has 0 aliphatic rings. The number of nitro benzene ring substituents is 1. The van der Waals surface area contributed by atoms with E-state index in [9.17, 15) is 10.1 Å². The number of nitro groups is 1. The number of benzene rings is 2. The molecule has 0 radical (unpaired) electrons. The normalized spacial score (nSPS) is 11.3. The molecule has 0 spiro atoms. The van der Waals surface area contributed by atoms with Gasteiger partial charge in [0, 0.05) is 12.1 Å². The van der Waals surface area contributed by atoms with Crippen molar-refractivity contribution in [2.75, 3.05) is 5.43 Å². The minimum Gasteiger partial charge on any atom is -0.278 e. The summed E-state index contributed by atoms with van der Waals surface area (Å²) < 4.78 is 0. The lowest BCUT2D eigenvalue weighted by Crippen LogP contribution is -2.05. The van der Waals surface area contributed by atoms with Gasteiger partial charge in [0.15, 0.2) is 0 Å². The molecular formula is C21H27N3O2. The Morgan fingerprint density at radius 3 is 2.27 bits per heavy atom. The number of unbranched alkanes of at least 4 members (excludes halogenated alkanes) is 5. The van der Waals surface area contributed by atoms with Crippen molar-refractivity contribution in [3.63, 3.8) is 0 Å². The van der Waals surface area contributed by atoms with Crippen molar-refractivity contribution in [1.82, 2.24) is 0 Å². The third kappa shape index (κ3) is 6.67. The Morgan fingerprint density at radius 2 is 1.62 bits per heavy atom. The SMILES string of the molecule is CCCCCCCC/C(=N/Nc1ccc([N+](=O)[O-])cc1)c1ccccc1. The van der Waals surface area contributed by atoms with Gasteiger partial charge in [0.25, 0.3) is 5.69 Å². The van der Waals surface area contributed by atoms with E-state index in [0.717, 1.165) is 29.8 Å². The van der Waals surface area contributed by atoms with Crippen molar-refractivity contribution < 1.29 is 4.92 Å². The summed E-state index contributed by atoms with van der Waals surface area (Å²) in [4.78, 5) is 10.3. The van der Waals surface area contributed by atoms with Crippen molar-refractivity contribution in [3.05, 3.63) is 70.3 Å². The Labute approximate surface area is 155 Å². The number of nitrogens with one attached hydrogen (secondary N) is 1. The fourth-order valence-electron chi connectivity index (χ4n) is 2.76. The summed E-state index contributed by atoms with van der Waals surface area (Å²) in [5.41, 5.74) is 5.98. The quantitative estimate of drug-likeness (QED) is 0.228. The third-order valence-electron chi connectivity index (χ3n) is 4.27. The fraction of sp³-hybridized carbons (Fsp3) is 0.381. The molecule has 138 valence electrons. The number of hydrazone groups is 1. The maximum Gasteiger partial charge on any atom is 0.269 e. The van der Waals surface area contributed by atoms with Gasteiger partial charge in [-0.15, -0.1) is 0 Å². The number of hydrogen-bond donors (Lipinski definition) is 1. The van der Waals surface area contributed by atoms with E-state index in [-0.39, 0.29) is 5.69 Å². The first-order chi connectivity index (χ1) is 12.7. The molecule has 0 atom stereocenters. The predicted molar refractivity (Wildman–Crippen MR) is 108 cm³/mol. The van der Waals surface area contributed by atoms with Crippen LogP contribution >= 0.6 is 0 Å². The predicted octanol–water partition coefficient (Wildman–Crippen LogP) is 6.16. The van der Waals surface area contributed by atoms with Crippen LogP contribution in [0.15, 0.2) is 59.7 Å². The Kier molecular flexibility index (Phi) is 8.33. The van der Waals surface area contributed by atoms with E-state index < -0.39 is 4.92 Å². The molecule has 5 nitrogen and oxygen atoms in total. The number of anilines is 1. The van der Waals surface area contributed by atoms with E-state index in [4.69, 9.17) is 0 Å². The zero-order valence-corrected chi connectivity index (χ0v) is 15.4. The molecular weight excluding hydrogens is 326 g/mol. The van der Waals surface area contributed by atoms with Crippen LogP contribution in [-0.2, 0) is 0 Å². The van der Waals surface area contributed by atoms with Crippen LogP contribution in [0.5, 0.6) is 0 Å². The molecule has 0 fully saturated rings. The van der Waals surface area contributed by atoms with Gasteiger partial charge >= 0.3 is 0 Å². The van der Waals surface area contributed by atoms with Crippen LogP contribution in [0.25, 0.3) is 0 Å². The van der Waals surface area contributed by atoms with Crippen molar-refractivity contribution >= 4 is 17.1 Å². The van der Waals surface area contributed by atoms with Crippen LogP contribution in [0, 0.1) is 10.1 Å². The van der Waals surface area contributed by atoms with Gasteiger partial charge in [-0.1, -0.05) is 69.4 Å². The van der Waals surface area contributed by atoms with Gasteiger partial charge < -0.3 is 0 Å². The second-order valence-corrected chi connectivity index (χ2v) is 6.36. The number of rotatable bonds is 11.